The number of nitrogens with one attached hydrogen (secondary N) is 1. The lowest BCUT2D eigenvalue weighted by molar-refractivity contribution is -0.127. The first-order valence-corrected chi connectivity index (χ1v) is 6.08. The van der Waals surface area contributed by atoms with E-state index in [-0.39, 0.29) is 23.4 Å². The lowest BCUT2D eigenvalue weighted by Gasteiger charge is -2.28. The Kier molecular flexibility index (Phi) is 2.75. The Morgan fingerprint density at radius 1 is 1.27 bits per heavy atom. The minimum absolute atomic E-state index is 0.0284. The summed E-state index contributed by atoms with van der Waals surface area (Å²) in [4.78, 5) is 12.0. The molecule has 0 saturated heterocycles. The van der Waals surface area contributed by atoms with Crippen molar-refractivity contribution in [2.45, 2.75) is 57.5 Å². The summed E-state index contributed by atoms with van der Waals surface area (Å²) in [5.74, 6) is 0.916. The van der Waals surface area contributed by atoms with Gasteiger partial charge in [-0.05, 0) is 45.4 Å². The molecule has 2 fully saturated rings. The average molecular weight is 210 g/mol. The maximum atomic E-state index is 12.0. The summed E-state index contributed by atoms with van der Waals surface area (Å²) < 4.78 is 0. The zero-order valence-electron chi connectivity index (χ0n) is 9.75. The number of rotatable bonds is 3. The molecule has 0 aromatic carbocycles. The van der Waals surface area contributed by atoms with Crippen molar-refractivity contribution in [3.8, 4) is 0 Å². The lowest BCUT2D eigenvalue weighted by Crippen LogP contribution is -2.50. The van der Waals surface area contributed by atoms with Crippen LogP contribution >= 0.6 is 0 Å². The Bertz CT molecular complexity index is 258. The highest BCUT2D eigenvalue weighted by molar-refractivity contribution is 5.80. The summed E-state index contributed by atoms with van der Waals surface area (Å²) in [6, 6.07) is 0.0833. The van der Waals surface area contributed by atoms with Crippen LogP contribution in [-0.2, 0) is 4.79 Å². The SMILES string of the molecule is CC(C)(NC(=O)C1CCCC1N)C1CC1. The maximum Gasteiger partial charge on any atom is 0.225 e. The van der Waals surface area contributed by atoms with E-state index in [9.17, 15) is 4.79 Å². The van der Waals surface area contributed by atoms with E-state index >= 15 is 0 Å². The molecular formula is C12H22N2O. The maximum absolute atomic E-state index is 12.0. The molecule has 2 aliphatic carbocycles. The highest BCUT2D eigenvalue weighted by Gasteiger charge is 2.41. The van der Waals surface area contributed by atoms with Crippen LogP contribution in [0.4, 0.5) is 0 Å². The number of hydrogen-bond donors (Lipinski definition) is 2. The molecule has 3 nitrogen and oxygen atoms in total. The van der Waals surface area contributed by atoms with E-state index in [1.165, 1.54) is 12.8 Å². The Balaban J connectivity index is 1.90. The van der Waals surface area contributed by atoms with Crippen LogP contribution in [0.2, 0.25) is 0 Å². The van der Waals surface area contributed by atoms with Gasteiger partial charge in [0, 0.05) is 11.6 Å². The van der Waals surface area contributed by atoms with E-state index in [4.69, 9.17) is 5.73 Å². The van der Waals surface area contributed by atoms with Crippen LogP contribution in [0, 0.1) is 11.8 Å². The van der Waals surface area contributed by atoms with E-state index in [0.29, 0.717) is 5.92 Å². The van der Waals surface area contributed by atoms with Crippen LogP contribution in [0.1, 0.15) is 46.0 Å². The third-order valence-electron chi connectivity index (χ3n) is 3.95. The summed E-state index contributed by atoms with van der Waals surface area (Å²) in [7, 11) is 0. The molecule has 0 aromatic rings. The lowest BCUT2D eigenvalue weighted by atomic mass is 9.95. The topological polar surface area (TPSA) is 55.1 Å². The number of hydrogen-bond acceptors (Lipinski definition) is 2. The molecule has 0 aliphatic heterocycles. The Morgan fingerprint density at radius 2 is 1.93 bits per heavy atom. The van der Waals surface area contributed by atoms with E-state index in [1.807, 2.05) is 0 Å². The van der Waals surface area contributed by atoms with Gasteiger partial charge in [0.15, 0.2) is 0 Å². The summed E-state index contributed by atoms with van der Waals surface area (Å²) in [6.07, 6.45) is 5.58. The van der Waals surface area contributed by atoms with Crippen molar-refractivity contribution < 1.29 is 4.79 Å². The first-order valence-electron chi connectivity index (χ1n) is 6.08. The molecule has 3 N–H and O–H groups in total. The molecule has 0 heterocycles. The van der Waals surface area contributed by atoms with E-state index in [1.54, 1.807) is 0 Å². The van der Waals surface area contributed by atoms with Crippen molar-refractivity contribution in [2.24, 2.45) is 17.6 Å². The predicted octanol–water partition coefficient (Wildman–Crippen LogP) is 1.42. The molecule has 2 rings (SSSR count). The zero-order chi connectivity index (χ0) is 11.1. The molecule has 1 amide bonds. The summed E-state index contributed by atoms with van der Waals surface area (Å²) >= 11 is 0. The summed E-state index contributed by atoms with van der Waals surface area (Å²) in [5.41, 5.74) is 5.90. The first-order chi connectivity index (χ1) is 7.00. The zero-order valence-corrected chi connectivity index (χ0v) is 9.75. The number of nitrogens with two attached hydrogens (primary N) is 1. The van der Waals surface area contributed by atoms with Crippen molar-refractivity contribution in [1.82, 2.24) is 5.32 Å². The number of amides is 1. The monoisotopic (exact) mass is 210 g/mol. The van der Waals surface area contributed by atoms with E-state index in [2.05, 4.69) is 19.2 Å². The van der Waals surface area contributed by atoms with Gasteiger partial charge in [0.1, 0.15) is 0 Å². The van der Waals surface area contributed by atoms with Gasteiger partial charge in [0.25, 0.3) is 0 Å². The minimum Gasteiger partial charge on any atom is -0.351 e. The molecule has 0 spiro atoms. The normalized spacial score (nSPS) is 31.7. The van der Waals surface area contributed by atoms with Gasteiger partial charge in [-0.2, -0.15) is 0 Å². The average Bonchev–Trinajstić information content (AvgIpc) is 2.89. The molecule has 15 heavy (non-hydrogen) atoms. The van der Waals surface area contributed by atoms with Crippen LogP contribution in [0.5, 0.6) is 0 Å². The second-order valence-electron chi connectivity index (χ2n) is 5.69. The van der Waals surface area contributed by atoms with Gasteiger partial charge in [0.2, 0.25) is 5.91 Å². The van der Waals surface area contributed by atoms with Crippen molar-refractivity contribution >= 4 is 5.91 Å². The van der Waals surface area contributed by atoms with Gasteiger partial charge in [-0.15, -0.1) is 0 Å². The molecule has 0 radical (unpaired) electrons. The molecule has 3 heteroatoms. The Morgan fingerprint density at radius 3 is 2.40 bits per heavy atom. The van der Waals surface area contributed by atoms with Crippen LogP contribution in [0.15, 0.2) is 0 Å². The third-order valence-corrected chi connectivity index (χ3v) is 3.95. The van der Waals surface area contributed by atoms with Crippen LogP contribution in [0.25, 0.3) is 0 Å². The first kappa shape index (κ1) is 10.9. The number of carbonyl (C=O) groups is 1. The van der Waals surface area contributed by atoms with Gasteiger partial charge < -0.3 is 11.1 Å². The predicted molar refractivity (Wildman–Crippen MR) is 60.3 cm³/mol. The molecule has 2 unspecified atom stereocenters. The number of carbonyl (C=O) groups excluding carboxylic acids is 1. The van der Waals surface area contributed by atoms with Crippen LogP contribution < -0.4 is 11.1 Å². The van der Waals surface area contributed by atoms with Gasteiger partial charge in [0.05, 0.1) is 5.92 Å². The molecule has 0 aromatic heterocycles. The van der Waals surface area contributed by atoms with Crippen molar-refractivity contribution in [2.75, 3.05) is 0 Å². The fourth-order valence-electron chi connectivity index (χ4n) is 2.63. The van der Waals surface area contributed by atoms with Gasteiger partial charge in [-0.25, -0.2) is 0 Å². The van der Waals surface area contributed by atoms with Crippen LogP contribution in [-0.4, -0.2) is 17.5 Å². The second kappa shape index (κ2) is 3.78. The molecule has 2 saturated carbocycles. The highest BCUT2D eigenvalue weighted by Crippen LogP contribution is 2.39. The fraction of sp³-hybridized carbons (Fsp3) is 0.917. The van der Waals surface area contributed by atoms with Gasteiger partial charge in [-0.1, -0.05) is 6.42 Å². The molecule has 2 atom stereocenters. The van der Waals surface area contributed by atoms with Gasteiger partial charge >= 0.3 is 0 Å². The highest BCUT2D eigenvalue weighted by atomic mass is 16.2. The quantitative estimate of drug-likeness (QED) is 0.740. The van der Waals surface area contributed by atoms with Crippen LogP contribution in [0.3, 0.4) is 0 Å². The summed E-state index contributed by atoms with van der Waals surface area (Å²) in [6.45, 7) is 4.26. The molecule has 86 valence electrons. The molecular weight excluding hydrogens is 188 g/mol. The van der Waals surface area contributed by atoms with Crippen molar-refractivity contribution in [3.63, 3.8) is 0 Å². The third kappa shape index (κ3) is 2.33. The smallest absolute Gasteiger partial charge is 0.225 e. The van der Waals surface area contributed by atoms with E-state index in [0.717, 1.165) is 19.3 Å². The molecule has 0 bridgehead atoms. The summed E-state index contributed by atoms with van der Waals surface area (Å²) in [5, 5.41) is 3.17. The van der Waals surface area contributed by atoms with E-state index < -0.39 is 0 Å². The molecule has 2 aliphatic rings. The fourth-order valence-corrected chi connectivity index (χ4v) is 2.63. The largest absolute Gasteiger partial charge is 0.351 e. The van der Waals surface area contributed by atoms with Crippen molar-refractivity contribution in [3.05, 3.63) is 0 Å². The minimum atomic E-state index is -0.0284. The second-order valence-corrected chi connectivity index (χ2v) is 5.69. The van der Waals surface area contributed by atoms with Crippen molar-refractivity contribution in [1.29, 1.82) is 0 Å². The standard InChI is InChI=1S/C12H22N2O/c1-12(2,8-6-7-8)14-11(15)9-4-3-5-10(9)13/h8-10H,3-7,13H2,1-2H3,(H,14,15). The van der Waals surface area contributed by atoms with Gasteiger partial charge in [-0.3, -0.25) is 4.79 Å². The Hall–Kier alpha value is -0.570. The Labute approximate surface area is 91.8 Å².